The van der Waals surface area contributed by atoms with E-state index in [1.165, 1.54) is 0 Å². The van der Waals surface area contributed by atoms with Crippen LogP contribution in [0.1, 0.15) is 51.5 Å². The van der Waals surface area contributed by atoms with Crippen molar-refractivity contribution >= 4 is 12.4 Å². The molecule has 1 saturated carbocycles. The number of likely N-dealkylation sites (tertiary alicyclic amines) is 1. The lowest BCUT2D eigenvalue weighted by molar-refractivity contribution is -0.113. The minimum Gasteiger partial charge on any atom is -0.490 e. The van der Waals surface area contributed by atoms with Crippen molar-refractivity contribution < 1.29 is 19.1 Å². The van der Waals surface area contributed by atoms with Gasteiger partial charge in [0.1, 0.15) is 24.2 Å². The summed E-state index contributed by atoms with van der Waals surface area (Å²) in [4.78, 5) is 29.1. The number of ether oxygens (including phenoxy) is 2. The van der Waals surface area contributed by atoms with Crippen LogP contribution in [0, 0.1) is 5.92 Å². The van der Waals surface area contributed by atoms with Crippen molar-refractivity contribution in [2.24, 2.45) is 5.92 Å². The van der Waals surface area contributed by atoms with Crippen LogP contribution < -0.4 is 4.74 Å². The van der Waals surface area contributed by atoms with Gasteiger partial charge in [-0.1, -0.05) is 0 Å². The van der Waals surface area contributed by atoms with Crippen LogP contribution >= 0.6 is 0 Å². The maximum atomic E-state index is 12.1. The number of carbonyl (C=O) groups excluding carboxylic acids is 2. The van der Waals surface area contributed by atoms with Crippen LogP contribution in [0.25, 0.3) is 0 Å². The van der Waals surface area contributed by atoms with Crippen molar-refractivity contribution in [2.75, 3.05) is 13.2 Å². The van der Waals surface area contributed by atoms with Gasteiger partial charge in [0.05, 0.1) is 12.2 Å². The molecule has 3 rings (SSSR count). The Labute approximate surface area is 148 Å². The predicted octanol–water partition coefficient (Wildman–Crippen LogP) is 3.16. The van der Waals surface area contributed by atoms with Crippen LogP contribution in [0.5, 0.6) is 5.75 Å². The second-order valence-electron chi connectivity index (χ2n) is 7.86. The molecule has 1 aromatic heterocycles. The Morgan fingerprint density at radius 2 is 2.12 bits per heavy atom. The first-order valence-corrected chi connectivity index (χ1v) is 8.90. The van der Waals surface area contributed by atoms with Gasteiger partial charge in [-0.15, -0.1) is 0 Å². The summed E-state index contributed by atoms with van der Waals surface area (Å²) in [6.07, 6.45) is 7.10. The van der Waals surface area contributed by atoms with Gasteiger partial charge in [-0.2, -0.15) is 0 Å². The van der Waals surface area contributed by atoms with Crippen molar-refractivity contribution in [1.29, 1.82) is 0 Å². The third kappa shape index (κ3) is 4.11. The molecule has 0 aromatic carbocycles. The van der Waals surface area contributed by atoms with E-state index in [1.807, 2.05) is 33.0 Å². The van der Waals surface area contributed by atoms with Gasteiger partial charge in [0.25, 0.3) is 0 Å². The SMILES string of the molecule is CC(C)(C)OC(=O)N1CCC1COc1cncc(C2CCC2C=O)c1. The molecule has 1 saturated heterocycles. The molecule has 0 N–H and O–H groups in total. The van der Waals surface area contributed by atoms with E-state index in [0.29, 0.717) is 18.9 Å². The molecule has 0 spiro atoms. The topological polar surface area (TPSA) is 68.7 Å². The number of amides is 1. The first kappa shape index (κ1) is 17.7. The van der Waals surface area contributed by atoms with Crippen LogP contribution in [-0.2, 0) is 9.53 Å². The molecule has 1 amide bonds. The highest BCUT2D eigenvalue weighted by Crippen LogP contribution is 2.41. The lowest BCUT2D eigenvalue weighted by Crippen LogP contribution is -2.55. The van der Waals surface area contributed by atoms with Crippen LogP contribution in [0.15, 0.2) is 18.5 Å². The Morgan fingerprint density at radius 3 is 2.68 bits per heavy atom. The summed E-state index contributed by atoms with van der Waals surface area (Å²) in [6, 6.07) is 1.99. The summed E-state index contributed by atoms with van der Waals surface area (Å²) in [5.41, 5.74) is 0.562. The fourth-order valence-corrected chi connectivity index (χ4v) is 3.19. The summed E-state index contributed by atoms with van der Waals surface area (Å²) < 4.78 is 11.3. The van der Waals surface area contributed by atoms with Crippen molar-refractivity contribution in [3.05, 3.63) is 24.0 Å². The summed E-state index contributed by atoms with van der Waals surface area (Å²) in [5, 5.41) is 0. The molecule has 3 unspecified atom stereocenters. The number of aromatic nitrogens is 1. The fourth-order valence-electron chi connectivity index (χ4n) is 3.19. The van der Waals surface area contributed by atoms with Gasteiger partial charge in [0, 0.05) is 18.7 Å². The molecule has 2 fully saturated rings. The Kier molecular flexibility index (Phi) is 4.97. The zero-order chi connectivity index (χ0) is 18.0. The Morgan fingerprint density at radius 1 is 1.32 bits per heavy atom. The molecule has 1 aliphatic carbocycles. The summed E-state index contributed by atoms with van der Waals surface area (Å²) in [5.74, 6) is 1.05. The molecular weight excluding hydrogens is 320 g/mol. The molecule has 6 heteroatoms. The van der Waals surface area contributed by atoms with Crippen LogP contribution in [0.2, 0.25) is 0 Å². The quantitative estimate of drug-likeness (QED) is 0.766. The second-order valence-corrected chi connectivity index (χ2v) is 7.86. The average molecular weight is 346 g/mol. The first-order valence-electron chi connectivity index (χ1n) is 8.90. The molecular formula is C19H26N2O4. The predicted molar refractivity (Wildman–Crippen MR) is 92.6 cm³/mol. The largest absolute Gasteiger partial charge is 0.490 e. The molecule has 136 valence electrons. The van der Waals surface area contributed by atoms with E-state index < -0.39 is 5.60 Å². The third-order valence-corrected chi connectivity index (χ3v) is 4.88. The number of rotatable bonds is 5. The molecule has 2 heterocycles. The Bertz CT molecular complexity index is 641. The normalized spacial score (nSPS) is 25.6. The second kappa shape index (κ2) is 7.02. The minimum atomic E-state index is -0.492. The van der Waals surface area contributed by atoms with Gasteiger partial charge in [-0.05, 0) is 57.6 Å². The highest BCUT2D eigenvalue weighted by Gasteiger charge is 2.36. The maximum Gasteiger partial charge on any atom is 0.410 e. The minimum absolute atomic E-state index is 0.0323. The van der Waals surface area contributed by atoms with E-state index in [0.717, 1.165) is 31.1 Å². The van der Waals surface area contributed by atoms with E-state index >= 15 is 0 Å². The highest BCUT2D eigenvalue weighted by molar-refractivity contribution is 5.69. The third-order valence-electron chi connectivity index (χ3n) is 4.88. The lowest BCUT2D eigenvalue weighted by Gasteiger charge is -2.41. The van der Waals surface area contributed by atoms with Crippen molar-refractivity contribution in [3.8, 4) is 5.75 Å². The highest BCUT2D eigenvalue weighted by atomic mass is 16.6. The maximum absolute atomic E-state index is 12.1. The zero-order valence-electron chi connectivity index (χ0n) is 15.1. The fraction of sp³-hybridized carbons (Fsp3) is 0.632. The van der Waals surface area contributed by atoms with E-state index in [4.69, 9.17) is 9.47 Å². The number of nitrogens with zero attached hydrogens (tertiary/aromatic N) is 2. The summed E-state index contributed by atoms with van der Waals surface area (Å²) >= 11 is 0. The molecule has 0 radical (unpaired) electrons. The van der Waals surface area contributed by atoms with Crippen LogP contribution in [-0.4, -0.2) is 47.1 Å². The van der Waals surface area contributed by atoms with Gasteiger partial charge < -0.3 is 19.2 Å². The molecule has 25 heavy (non-hydrogen) atoms. The average Bonchev–Trinajstić information content (AvgIpc) is 2.44. The van der Waals surface area contributed by atoms with Crippen molar-refractivity contribution in [1.82, 2.24) is 9.88 Å². The van der Waals surface area contributed by atoms with Crippen molar-refractivity contribution in [3.63, 3.8) is 0 Å². The van der Waals surface area contributed by atoms with E-state index in [2.05, 4.69) is 4.98 Å². The summed E-state index contributed by atoms with van der Waals surface area (Å²) in [6.45, 7) is 6.71. The van der Waals surface area contributed by atoms with Gasteiger partial charge in [0.15, 0.2) is 0 Å². The van der Waals surface area contributed by atoms with Crippen LogP contribution in [0.3, 0.4) is 0 Å². The molecule has 0 bridgehead atoms. The first-order chi connectivity index (χ1) is 11.9. The summed E-state index contributed by atoms with van der Waals surface area (Å²) in [7, 11) is 0. The Balaban J connectivity index is 1.54. The number of aldehydes is 1. The molecule has 2 aliphatic rings. The molecule has 6 nitrogen and oxygen atoms in total. The van der Waals surface area contributed by atoms with Crippen molar-refractivity contribution in [2.45, 2.75) is 57.6 Å². The molecule has 1 aromatic rings. The van der Waals surface area contributed by atoms with E-state index in [9.17, 15) is 9.59 Å². The lowest BCUT2D eigenvalue weighted by atomic mass is 9.71. The van der Waals surface area contributed by atoms with Gasteiger partial charge in [-0.3, -0.25) is 4.98 Å². The molecule has 1 aliphatic heterocycles. The van der Waals surface area contributed by atoms with E-state index in [1.54, 1.807) is 11.1 Å². The van der Waals surface area contributed by atoms with E-state index in [-0.39, 0.29) is 24.0 Å². The zero-order valence-corrected chi connectivity index (χ0v) is 15.1. The standard InChI is InChI=1S/C19H26N2O4/c1-19(2,3)25-18(23)21-7-6-15(21)12-24-16-8-14(9-20-10-16)17-5-4-13(17)11-22/h8-11,13,15,17H,4-7,12H2,1-3H3. The number of pyridine rings is 1. The number of hydrogen-bond donors (Lipinski definition) is 0. The van der Waals surface area contributed by atoms with Gasteiger partial charge >= 0.3 is 6.09 Å². The number of hydrogen-bond acceptors (Lipinski definition) is 5. The van der Waals surface area contributed by atoms with Gasteiger partial charge in [-0.25, -0.2) is 4.79 Å². The Hall–Kier alpha value is -2.11. The number of carbonyl (C=O) groups is 2. The molecule has 3 atom stereocenters. The smallest absolute Gasteiger partial charge is 0.410 e. The van der Waals surface area contributed by atoms with Gasteiger partial charge in [0.2, 0.25) is 0 Å². The van der Waals surface area contributed by atoms with Crippen LogP contribution in [0.4, 0.5) is 4.79 Å². The monoisotopic (exact) mass is 346 g/mol.